The third kappa shape index (κ3) is 4.08. The maximum absolute atomic E-state index is 12.2. The number of hydrogen-bond acceptors (Lipinski definition) is 7. The summed E-state index contributed by atoms with van der Waals surface area (Å²) in [7, 11) is 1.29. The highest BCUT2D eigenvalue weighted by molar-refractivity contribution is 7.91. The van der Waals surface area contributed by atoms with Crippen LogP contribution in [0.5, 0.6) is 0 Å². The van der Waals surface area contributed by atoms with Gasteiger partial charge in [-0.25, -0.2) is 18.2 Å². The van der Waals surface area contributed by atoms with Gasteiger partial charge in [0.25, 0.3) is 5.56 Å². The van der Waals surface area contributed by atoms with Crippen molar-refractivity contribution in [2.24, 2.45) is 21.1 Å². The van der Waals surface area contributed by atoms with Gasteiger partial charge in [-0.15, -0.1) is 0 Å². The van der Waals surface area contributed by atoms with Crippen LogP contribution in [0.4, 0.5) is 11.4 Å². The Kier molecular flexibility index (Phi) is 5.71. The molecule has 0 fully saturated rings. The van der Waals surface area contributed by atoms with Crippen molar-refractivity contribution in [2.45, 2.75) is 9.79 Å². The molecule has 0 radical (unpaired) electrons. The number of nitrogens with zero attached hydrogens (tertiary/aromatic N) is 4. The van der Waals surface area contributed by atoms with Gasteiger partial charge in [0.05, 0.1) is 16.1 Å². The zero-order valence-corrected chi connectivity index (χ0v) is 18.0. The van der Waals surface area contributed by atoms with Gasteiger partial charge in [-0.3, -0.25) is 13.9 Å². The van der Waals surface area contributed by atoms with E-state index in [1.165, 1.54) is 42.2 Å². The highest BCUT2D eigenvalue weighted by atomic mass is 32.2. The molecule has 2 aromatic heterocycles. The number of hydrogen-bond donors (Lipinski definition) is 2. The second-order valence-corrected chi connectivity index (χ2v) is 8.82. The summed E-state index contributed by atoms with van der Waals surface area (Å²) < 4.78 is 28.4. The Hall–Kier alpha value is -3.86. The van der Waals surface area contributed by atoms with E-state index >= 15 is 0 Å². The van der Waals surface area contributed by atoms with Gasteiger partial charge in [0.2, 0.25) is 9.84 Å². The van der Waals surface area contributed by atoms with Crippen LogP contribution >= 0.6 is 0 Å². The first-order valence-corrected chi connectivity index (χ1v) is 10.6. The Morgan fingerprint density at radius 1 is 0.774 bits per heavy atom. The predicted octanol–water partition coefficient (Wildman–Crippen LogP) is 0.655. The van der Waals surface area contributed by atoms with E-state index in [1.54, 1.807) is 42.9 Å². The summed E-state index contributed by atoms with van der Waals surface area (Å²) in [6, 6.07) is 12.2. The highest BCUT2D eigenvalue weighted by Crippen LogP contribution is 2.22. The molecule has 0 saturated heterocycles. The van der Waals surface area contributed by atoms with Gasteiger partial charge in [0, 0.05) is 32.5 Å². The monoisotopic (exact) mass is 442 g/mol. The van der Waals surface area contributed by atoms with Crippen molar-refractivity contribution in [3.8, 4) is 0 Å². The van der Waals surface area contributed by atoms with Crippen LogP contribution in [-0.4, -0.2) is 27.1 Å². The van der Waals surface area contributed by atoms with Crippen molar-refractivity contribution in [1.82, 2.24) is 18.7 Å². The second-order valence-electron chi connectivity index (χ2n) is 6.87. The molecule has 0 amide bonds. The van der Waals surface area contributed by atoms with E-state index in [4.69, 9.17) is 11.5 Å². The summed E-state index contributed by atoms with van der Waals surface area (Å²) in [4.78, 5) is 27.6. The fourth-order valence-corrected chi connectivity index (χ4v) is 4.16. The fourth-order valence-electron chi connectivity index (χ4n) is 2.90. The second kappa shape index (κ2) is 8.11. The normalized spacial score (nSPS) is 11.2. The molecule has 4 rings (SSSR count). The average molecular weight is 443 g/mol. The number of rotatable bonds is 2. The molecule has 2 aromatic carbocycles. The number of nitrogen functional groups attached to an aromatic ring is 2. The van der Waals surface area contributed by atoms with Crippen LogP contribution in [0.25, 0.3) is 11.2 Å². The SMILES string of the molecule is Cn1c(=O)c2c(ncn2C)n(C)c1=O.Nc1ccc(S(=O)(=O)c2ccc(N)cc2)cc1. The van der Waals surface area contributed by atoms with Gasteiger partial charge in [0.1, 0.15) is 0 Å². The predicted molar refractivity (Wildman–Crippen MR) is 118 cm³/mol. The van der Waals surface area contributed by atoms with Gasteiger partial charge in [-0.05, 0) is 48.5 Å². The van der Waals surface area contributed by atoms with Crippen LogP contribution in [0.15, 0.2) is 74.2 Å². The molecule has 10 nitrogen and oxygen atoms in total. The summed E-state index contributed by atoms with van der Waals surface area (Å²) in [6.07, 6.45) is 1.52. The van der Waals surface area contributed by atoms with E-state index in [2.05, 4.69) is 4.98 Å². The zero-order chi connectivity index (χ0) is 22.9. The van der Waals surface area contributed by atoms with E-state index in [0.29, 0.717) is 22.5 Å². The van der Waals surface area contributed by atoms with Crippen molar-refractivity contribution in [3.05, 3.63) is 75.7 Å². The number of aryl methyl sites for hydroxylation is 2. The molecule has 2 heterocycles. The largest absolute Gasteiger partial charge is 0.399 e. The smallest absolute Gasteiger partial charge is 0.332 e. The Morgan fingerprint density at radius 3 is 1.68 bits per heavy atom. The Balaban J connectivity index is 0.000000179. The number of sulfone groups is 1. The molecule has 0 atom stereocenters. The summed E-state index contributed by atoms with van der Waals surface area (Å²) >= 11 is 0. The highest BCUT2D eigenvalue weighted by Gasteiger charge is 2.16. The molecule has 0 aliphatic carbocycles. The standard InChI is InChI=1S/C12H12N2O2S.C8H10N4O2/c13-9-1-5-11(6-2-9)17(15,16)12-7-3-10(14)4-8-12;1-10-4-9-6-5(10)7(13)12(3)8(14)11(6)2/h1-8H,13-14H2;4H,1-3H3. The summed E-state index contributed by atoms with van der Waals surface area (Å²) in [5.41, 5.74) is 12.3. The first-order valence-electron chi connectivity index (χ1n) is 9.07. The number of benzene rings is 2. The number of nitrogens with two attached hydrogens (primary N) is 2. The molecular formula is C20H22N6O4S. The number of aromatic nitrogens is 4. The van der Waals surface area contributed by atoms with Crippen molar-refractivity contribution in [2.75, 3.05) is 11.5 Å². The van der Waals surface area contributed by atoms with E-state index in [9.17, 15) is 18.0 Å². The fraction of sp³-hybridized carbons (Fsp3) is 0.150. The summed E-state index contributed by atoms with van der Waals surface area (Å²) in [6.45, 7) is 0. The molecule has 0 saturated carbocycles. The van der Waals surface area contributed by atoms with Gasteiger partial charge in [0.15, 0.2) is 11.2 Å². The van der Waals surface area contributed by atoms with Crippen molar-refractivity contribution >= 4 is 32.4 Å². The summed E-state index contributed by atoms with van der Waals surface area (Å²) in [5, 5.41) is 0. The van der Waals surface area contributed by atoms with E-state index in [1.807, 2.05) is 0 Å². The zero-order valence-electron chi connectivity index (χ0n) is 17.2. The number of imidazole rings is 1. The Labute approximate surface area is 177 Å². The third-order valence-electron chi connectivity index (χ3n) is 4.70. The lowest BCUT2D eigenvalue weighted by Gasteiger charge is -2.05. The first kappa shape index (κ1) is 21.8. The van der Waals surface area contributed by atoms with Crippen LogP contribution < -0.4 is 22.7 Å². The van der Waals surface area contributed by atoms with E-state index in [-0.39, 0.29) is 21.0 Å². The molecule has 4 aromatic rings. The van der Waals surface area contributed by atoms with Crippen LogP contribution in [0.3, 0.4) is 0 Å². The number of anilines is 2. The summed E-state index contributed by atoms with van der Waals surface area (Å²) in [5.74, 6) is 0. The van der Waals surface area contributed by atoms with Gasteiger partial charge in [-0.1, -0.05) is 0 Å². The van der Waals surface area contributed by atoms with Crippen molar-refractivity contribution in [1.29, 1.82) is 0 Å². The third-order valence-corrected chi connectivity index (χ3v) is 6.48. The topological polar surface area (TPSA) is 148 Å². The average Bonchev–Trinajstić information content (AvgIpc) is 3.13. The maximum Gasteiger partial charge on any atom is 0.332 e. The quantitative estimate of drug-likeness (QED) is 0.433. The minimum Gasteiger partial charge on any atom is -0.399 e. The van der Waals surface area contributed by atoms with E-state index < -0.39 is 9.84 Å². The molecule has 0 bridgehead atoms. The van der Waals surface area contributed by atoms with E-state index in [0.717, 1.165) is 4.57 Å². The molecule has 31 heavy (non-hydrogen) atoms. The maximum atomic E-state index is 12.2. The van der Waals surface area contributed by atoms with Gasteiger partial charge >= 0.3 is 5.69 Å². The van der Waals surface area contributed by atoms with Crippen molar-refractivity contribution in [3.63, 3.8) is 0 Å². The number of fused-ring (bicyclic) bond motifs is 1. The van der Waals surface area contributed by atoms with Crippen LogP contribution in [-0.2, 0) is 31.0 Å². The molecule has 0 aliphatic rings. The first-order chi connectivity index (χ1) is 14.5. The molecule has 0 unspecified atom stereocenters. The van der Waals surface area contributed by atoms with Crippen molar-refractivity contribution < 1.29 is 8.42 Å². The van der Waals surface area contributed by atoms with Crippen LogP contribution in [0.1, 0.15) is 0 Å². The van der Waals surface area contributed by atoms with Gasteiger partial charge in [-0.2, -0.15) is 0 Å². The molecule has 4 N–H and O–H groups in total. The molecule has 0 aliphatic heterocycles. The molecule has 0 spiro atoms. The van der Waals surface area contributed by atoms with Crippen LogP contribution in [0.2, 0.25) is 0 Å². The molecule has 162 valence electrons. The Bertz CT molecular complexity index is 1410. The minimum atomic E-state index is -3.48. The van der Waals surface area contributed by atoms with Gasteiger partial charge < -0.3 is 16.0 Å². The van der Waals surface area contributed by atoms with Crippen LogP contribution in [0, 0.1) is 0 Å². The molecule has 11 heteroatoms. The molecular weight excluding hydrogens is 420 g/mol. The lowest BCUT2D eigenvalue weighted by atomic mass is 10.3. The Morgan fingerprint density at radius 2 is 1.23 bits per heavy atom. The minimum absolute atomic E-state index is 0.219. The lowest BCUT2D eigenvalue weighted by molar-refractivity contribution is 0.596. The lowest BCUT2D eigenvalue weighted by Crippen LogP contribution is -2.37.